The topological polar surface area (TPSA) is 113 Å². The molecule has 0 spiro atoms. The fourth-order valence-corrected chi connectivity index (χ4v) is 5.63. The third kappa shape index (κ3) is 4.60. The Kier molecular flexibility index (Phi) is 6.51. The average Bonchev–Trinajstić information content (AvgIpc) is 2.59. The molecule has 8 nitrogen and oxygen atoms in total. The van der Waals surface area contributed by atoms with Crippen molar-refractivity contribution in [2.24, 2.45) is 11.7 Å². The summed E-state index contributed by atoms with van der Waals surface area (Å²) in [5, 5.41) is -0.00773. The van der Waals surface area contributed by atoms with Crippen LogP contribution in [0, 0.1) is 5.92 Å². The maximum absolute atomic E-state index is 12.4. The molecule has 28 heavy (non-hydrogen) atoms. The van der Waals surface area contributed by atoms with Crippen LogP contribution in [0.1, 0.15) is 12.8 Å². The van der Waals surface area contributed by atoms with E-state index in [0.717, 1.165) is 25.9 Å². The van der Waals surface area contributed by atoms with Crippen LogP contribution in [0.25, 0.3) is 0 Å². The van der Waals surface area contributed by atoms with Gasteiger partial charge in [-0.3, -0.25) is 14.5 Å². The normalized spacial score (nSPS) is 19.4. The smallest absolute Gasteiger partial charge is 0.244 e. The average molecular weight is 449 g/mol. The van der Waals surface area contributed by atoms with Crippen LogP contribution < -0.4 is 10.5 Å². The van der Waals surface area contributed by atoms with E-state index >= 15 is 0 Å². The second-order valence-electron chi connectivity index (χ2n) is 7.04. The van der Waals surface area contributed by atoms with Gasteiger partial charge in [-0.15, -0.1) is 0 Å². The Morgan fingerprint density at radius 1 is 1.14 bits per heavy atom. The molecule has 0 atom stereocenters. The number of hydrogen-bond donors (Lipinski definition) is 2. The molecule has 2 fully saturated rings. The number of halogens is 2. The molecule has 0 bridgehead atoms. The van der Waals surface area contributed by atoms with E-state index in [2.05, 4.69) is 9.62 Å². The molecule has 0 aliphatic carbocycles. The summed E-state index contributed by atoms with van der Waals surface area (Å²) >= 11 is 11.9. The number of likely N-dealkylation sites (tertiary alicyclic amines) is 2. The van der Waals surface area contributed by atoms with Gasteiger partial charge in [-0.1, -0.05) is 29.3 Å². The number of nitrogens with one attached hydrogen (secondary N) is 1. The molecule has 3 N–H and O–H groups in total. The minimum atomic E-state index is -4.00. The number of nitrogens with zero attached hydrogens (tertiary/aromatic N) is 2. The van der Waals surface area contributed by atoms with Crippen LogP contribution in [0.4, 0.5) is 0 Å². The summed E-state index contributed by atoms with van der Waals surface area (Å²) in [4.78, 5) is 27.1. The van der Waals surface area contributed by atoms with Crippen LogP contribution in [0.5, 0.6) is 0 Å². The largest absolute Gasteiger partial charge is 0.369 e. The Hall–Kier alpha value is -1.39. The molecule has 0 saturated carbocycles. The number of carbonyl (C=O) groups excluding carboxylic acids is 2. The van der Waals surface area contributed by atoms with Gasteiger partial charge < -0.3 is 10.6 Å². The maximum atomic E-state index is 12.4. The zero-order valence-electron chi connectivity index (χ0n) is 15.1. The quantitative estimate of drug-likeness (QED) is 0.664. The van der Waals surface area contributed by atoms with Crippen LogP contribution in [0.2, 0.25) is 10.0 Å². The van der Waals surface area contributed by atoms with Crippen LogP contribution in [0.15, 0.2) is 23.1 Å². The summed E-state index contributed by atoms with van der Waals surface area (Å²) in [6.45, 7) is 2.26. The number of carbonyl (C=O) groups is 2. The summed E-state index contributed by atoms with van der Waals surface area (Å²) in [5.74, 6) is -0.633. The van der Waals surface area contributed by atoms with Gasteiger partial charge in [0, 0.05) is 25.0 Å². The van der Waals surface area contributed by atoms with Crippen molar-refractivity contribution in [1.82, 2.24) is 14.5 Å². The van der Waals surface area contributed by atoms with Crippen molar-refractivity contribution in [3.63, 3.8) is 0 Å². The van der Waals surface area contributed by atoms with E-state index in [-0.39, 0.29) is 45.3 Å². The van der Waals surface area contributed by atoms with E-state index in [0.29, 0.717) is 13.1 Å². The number of primary amides is 1. The predicted octanol–water partition coefficient (Wildman–Crippen LogP) is 0.680. The van der Waals surface area contributed by atoms with Gasteiger partial charge in [-0.2, -0.15) is 0 Å². The summed E-state index contributed by atoms with van der Waals surface area (Å²) < 4.78 is 27.1. The lowest BCUT2D eigenvalue weighted by molar-refractivity contribution is -0.138. The van der Waals surface area contributed by atoms with E-state index < -0.39 is 10.0 Å². The molecule has 2 saturated heterocycles. The van der Waals surface area contributed by atoms with E-state index in [1.165, 1.54) is 12.1 Å². The molecule has 2 aliphatic rings. The molecule has 154 valence electrons. The molecule has 2 heterocycles. The van der Waals surface area contributed by atoms with Gasteiger partial charge in [0.15, 0.2) is 0 Å². The minimum Gasteiger partial charge on any atom is -0.369 e. The Morgan fingerprint density at radius 2 is 1.71 bits per heavy atom. The van der Waals surface area contributed by atoms with Gasteiger partial charge in [-0.05, 0) is 38.1 Å². The second kappa shape index (κ2) is 8.54. The number of piperidine rings is 1. The molecule has 2 aliphatic heterocycles. The second-order valence-corrected chi connectivity index (χ2v) is 9.56. The Labute approximate surface area is 174 Å². The van der Waals surface area contributed by atoms with Crippen molar-refractivity contribution < 1.29 is 18.0 Å². The number of amides is 2. The molecule has 1 aromatic carbocycles. The Bertz CT molecular complexity index is 846. The Balaban J connectivity index is 1.48. The Morgan fingerprint density at radius 3 is 2.25 bits per heavy atom. The van der Waals surface area contributed by atoms with Gasteiger partial charge in [0.2, 0.25) is 21.8 Å². The monoisotopic (exact) mass is 448 g/mol. The molecule has 1 aromatic rings. The number of nitrogens with two attached hydrogens (primary N) is 1. The highest BCUT2D eigenvalue weighted by atomic mass is 35.5. The molecule has 0 unspecified atom stereocenters. The van der Waals surface area contributed by atoms with Gasteiger partial charge in [-0.25, -0.2) is 13.1 Å². The summed E-state index contributed by atoms with van der Waals surface area (Å²) in [5.41, 5.74) is 5.34. The van der Waals surface area contributed by atoms with E-state index in [9.17, 15) is 18.0 Å². The van der Waals surface area contributed by atoms with Gasteiger partial charge in [0.25, 0.3) is 0 Å². The molecular formula is C17H22Cl2N4O4S. The van der Waals surface area contributed by atoms with Gasteiger partial charge >= 0.3 is 0 Å². The van der Waals surface area contributed by atoms with Gasteiger partial charge in [0.1, 0.15) is 4.90 Å². The molecule has 3 rings (SSSR count). The number of sulfonamides is 1. The van der Waals surface area contributed by atoms with Crippen LogP contribution >= 0.6 is 23.2 Å². The highest BCUT2D eigenvalue weighted by Gasteiger charge is 2.37. The minimum absolute atomic E-state index is 0.00386. The van der Waals surface area contributed by atoms with Crippen molar-refractivity contribution in [3.05, 3.63) is 28.2 Å². The van der Waals surface area contributed by atoms with Crippen molar-refractivity contribution >= 4 is 45.0 Å². The highest BCUT2D eigenvalue weighted by molar-refractivity contribution is 7.89. The lowest BCUT2D eigenvalue weighted by Crippen LogP contribution is -2.63. The zero-order chi connectivity index (χ0) is 20.5. The van der Waals surface area contributed by atoms with Crippen LogP contribution in [-0.2, 0) is 19.6 Å². The van der Waals surface area contributed by atoms with Crippen molar-refractivity contribution in [1.29, 1.82) is 0 Å². The van der Waals surface area contributed by atoms with Crippen LogP contribution in [-0.4, -0.2) is 68.8 Å². The molecule has 2 amide bonds. The third-order valence-corrected chi connectivity index (χ3v) is 7.62. The molecule has 11 heteroatoms. The number of rotatable bonds is 6. The first-order valence-corrected chi connectivity index (χ1v) is 11.2. The van der Waals surface area contributed by atoms with Crippen molar-refractivity contribution in [3.8, 4) is 0 Å². The first kappa shape index (κ1) is 21.3. The summed E-state index contributed by atoms with van der Waals surface area (Å²) in [7, 11) is -4.00. The third-order valence-electron chi connectivity index (χ3n) is 5.26. The van der Waals surface area contributed by atoms with Crippen molar-refractivity contribution in [2.45, 2.75) is 23.8 Å². The first-order valence-electron chi connectivity index (χ1n) is 8.94. The fraction of sp³-hybridized carbons (Fsp3) is 0.529. The predicted molar refractivity (Wildman–Crippen MR) is 106 cm³/mol. The lowest BCUT2D eigenvalue weighted by Gasteiger charge is -2.47. The first-order chi connectivity index (χ1) is 13.2. The van der Waals surface area contributed by atoms with E-state index in [4.69, 9.17) is 28.9 Å². The van der Waals surface area contributed by atoms with E-state index in [1.807, 2.05) is 0 Å². The SMILES string of the molecule is NC(=O)C1CCN(C2CN(C(=O)CNS(=O)(=O)c3c(Cl)cccc3Cl)C2)CC1. The zero-order valence-corrected chi connectivity index (χ0v) is 17.4. The van der Waals surface area contributed by atoms with E-state index in [1.54, 1.807) is 11.0 Å². The summed E-state index contributed by atoms with van der Waals surface area (Å²) in [6, 6.07) is 4.62. The number of benzene rings is 1. The number of hydrogen-bond acceptors (Lipinski definition) is 5. The summed E-state index contributed by atoms with van der Waals surface area (Å²) in [6.07, 6.45) is 1.47. The lowest BCUT2D eigenvalue weighted by atomic mass is 9.94. The fourth-order valence-electron chi connectivity index (χ4n) is 3.52. The standard InChI is InChI=1S/C17H22Cl2N4O4S/c18-13-2-1-3-14(19)16(13)28(26,27)21-8-15(24)23-9-12(10-23)22-6-4-11(5-7-22)17(20)25/h1-3,11-12,21H,4-10H2,(H2,20,25). The molecule has 0 radical (unpaired) electrons. The maximum Gasteiger partial charge on any atom is 0.244 e. The molecule has 0 aromatic heterocycles. The van der Waals surface area contributed by atoms with Crippen LogP contribution in [0.3, 0.4) is 0 Å². The highest BCUT2D eigenvalue weighted by Crippen LogP contribution is 2.29. The van der Waals surface area contributed by atoms with Gasteiger partial charge in [0.05, 0.1) is 16.6 Å². The molecular weight excluding hydrogens is 427 g/mol. The van der Waals surface area contributed by atoms with Crippen molar-refractivity contribution in [2.75, 3.05) is 32.7 Å².